The molecule has 1 saturated carbocycles. The first-order valence-corrected chi connectivity index (χ1v) is 13.4. The van der Waals surface area contributed by atoms with Crippen LogP contribution in [0, 0.1) is 5.92 Å². The highest BCUT2D eigenvalue weighted by Gasteiger charge is 2.29. The lowest BCUT2D eigenvalue weighted by Crippen LogP contribution is -2.36. The van der Waals surface area contributed by atoms with Crippen molar-refractivity contribution in [3.8, 4) is 5.75 Å². The van der Waals surface area contributed by atoms with Gasteiger partial charge >= 0.3 is 5.97 Å². The highest BCUT2D eigenvalue weighted by molar-refractivity contribution is 7.17. The number of amides is 2. The van der Waals surface area contributed by atoms with Crippen molar-refractivity contribution in [2.45, 2.75) is 71.3 Å². The zero-order valence-electron chi connectivity index (χ0n) is 20.5. The molecule has 7 nitrogen and oxygen atoms in total. The topological polar surface area (TPSA) is 93.7 Å². The molecule has 2 aliphatic carbocycles. The molecule has 0 saturated heterocycles. The Bertz CT molecular complexity index is 1060. The van der Waals surface area contributed by atoms with Crippen molar-refractivity contribution in [2.24, 2.45) is 5.92 Å². The average Bonchev–Trinajstić information content (AvgIpc) is 3.20. The zero-order chi connectivity index (χ0) is 24.8. The van der Waals surface area contributed by atoms with Crippen LogP contribution in [0.2, 0.25) is 0 Å². The summed E-state index contributed by atoms with van der Waals surface area (Å²) in [6.07, 6.45) is 8.36. The Labute approximate surface area is 210 Å². The van der Waals surface area contributed by atoms with Gasteiger partial charge in [-0.1, -0.05) is 26.2 Å². The smallest absolute Gasteiger partial charge is 0.341 e. The van der Waals surface area contributed by atoms with Gasteiger partial charge in [0.25, 0.3) is 11.8 Å². The molecule has 2 aromatic rings. The number of benzene rings is 1. The van der Waals surface area contributed by atoms with Gasteiger partial charge < -0.3 is 20.1 Å². The van der Waals surface area contributed by atoms with Crippen LogP contribution in [0.4, 0.5) is 5.00 Å². The van der Waals surface area contributed by atoms with Gasteiger partial charge in [-0.25, -0.2) is 4.79 Å². The molecule has 0 radical (unpaired) electrons. The van der Waals surface area contributed by atoms with Gasteiger partial charge in [0.05, 0.1) is 12.2 Å². The standard InChI is InChI=1S/C27H34N2O5S/c1-3-33-27(32)24-21-14-9-17(2)15-22(21)35-26(24)29-23(30)16-34-20-12-10-18(11-13-20)25(31)28-19-7-5-4-6-8-19/h10-13,17,19H,3-9,14-16H2,1-2H3,(H,28,31)(H,29,30). The number of anilines is 1. The third-order valence-electron chi connectivity index (χ3n) is 6.67. The molecule has 0 aliphatic heterocycles. The van der Waals surface area contributed by atoms with E-state index in [0.717, 1.165) is 55.4 Å². The molecule has 8 heteroatoms. The van der Waals surface area contributed by atoms with E-state index in [4.69, 9.17) is 9.47 Å². The van der Waals surface area contributed by atoms with Crippen LogP contribution in [0.25, 0.3) is 0 Å². The van der Waals surface area contributed by atoms with Crippen molar-refractivity contribution >= 4 is 34.1 Å². The van der Waals surface area contributed by atoms with Gasteiger partial charge in [-0.2, -0.15) is 0 Å². The van der Waals surface area contributed by atoms with Crippen molar-refractivity contribution in [1.82, 2.24) is 5.32 Å². The van der Waals surface area contributed by atoms with Crippen LogP contribution >= 0.6 is 11.3 Å². The maximum Gasteiger partial charge on any atom is 0.341 e. The predicted molar refractivity (Wildman–Crippen MR) is 136 cm³/mol. The fraction of sp³-hybridized carbons (Fsp3) is 0.519. The minimum Gasteiger partial charge on any atom is -0.484 e. The van der Waals surface area contributed by atoms with Crippen LogP contribution < -0.4 is 15.4 Å². The number of nitrogens with one attached hydrogen (secondary N) is 2. The first kappa shape index (κ1) is 25.2. The van der Waals surface area contributed by atoms with Crippen molar-refractivity contribution in [2.75, 3.05) is 18.5 Å². The predicted octanol–water partition coefficient (Wildman–Crippen LogP) is 5.13. The highest BCUT2D eigenvalue weighted by Crippen LogP contribution is 2.40. The Morgan fingerprint density at radius 3 is 2.51 bits per heavy atom. The Morgan fingerprint density at radius 1 is 1.06 bits per heavy atom. The van der Waals surface area contributed by atoms with Crippen molar-refractivity contribution in [3.05, 3.63) is 45.8 Å². The zero-order valence-corrected chi connectivity index (χ0v) is 21.3. The van der Waals surface area contributed by atoms with Crippen molar-refractivity contribution < 1.29 is 23.9 Å². The lowest BCUT2D eigenvalue weighted by Gasteiger charge is -2.22. The second-order valence-corrected chi connectivity index (χ2v) is 10.6. The largest absolute Gasteiger partial charge is 0.484 e. The third-order valence-corrected chi connectivity index (χ3v) is 7.84. The molecule has 4 rings (SSSR count). The lowest BCUT2D eigenvalue weighted by molar-refractivity contribution is -0.118. The summed E-state index contributed by atoms with van der Waals surface area (Å²) in [5.41, 5.74) is 2.06. The molecule has 2 aliphatic rings. The van der Waals surface area contributed by atoms with E-state index in [2.05, 4.69) is 17.6 Å². The van der Waals surface area contributed by atoms with Crippen LogP contribution in [0.1, 0.15) is 83.5 Å². The average molecular weight is 499 g/mol. The molecule has 1 aromatic heterocycles. The summed E-state index contributed by atoms with van der Waals surface area (Å²) >= 11 is 1.46. The van der Waals surface area contributed by atoms with E-state index < -0.39 is 5.97 Å². The van der Waals surface area contributed by atoms with Crippen LogP contribution in [-0.4, -0.2) is 37.0 Å². The van der Waals surface area contributed by atoms with Crippen LogP contribution in [0.3, 0.4) is 0 Å². The van der Waals surface area contributed by atoms with Crippen LogP contribution in [0.15, 0.2) is 24.3 Å². The summed E-state index contributed by atoms with van der Waals surface area (Å²) in [4.78, 5) is 38.9. The van der Waals surface area contributed by atoms with E-state index in [1.54, 1.807) is 31.2 Å². The molecule has 1 atom stereocenters. The second kappa shape index (κ2) is 11.7. The number of carbonyl (C=O) groups excluding carboxylic acids is 3. The lowest BCUT2D eigenvalue weighted by atomic mass is 9.88. The number of rotatable bonds is 8. The highest BCUT2D eigenvalue weighted by atomic mass is 32.1. The molecule has 2 N–H and O–H groups in total. The Balaban J connectivity index is 1.34. The van der Waals surface area contributed by atoms with Gasteiger partial charge in [0.1, 0.15) is 10.8 Å². The van der Waals surface area contributed by atoms with E-state index in [9.17, 15) is 14.4 Å². The summed E-state index contributed by atoms with van der Waals surface area (Å²) in [5.74, 6) is 0.234. The van der Waals surface area contributed by atoms with Crippen molar-refractivity contribution in [3.63, 3.8) is 0 Å². The van der Waals surface area contributed by atoms with Crippen LogP contribution in [-0.2, 0) is 22.4 Å². The first-order valence-electron chi connectivity index (χ1n) is 12.6. The third kappa shape index (κ3) is 6.42. The Kier molecular flexibility index (Phi) is 8.44. The molecular formula is C27H34N2O5S. The van der Waals surface area contributed by atoms with E-state index >= 15 is 0 Å². The second-order valence-electron chi connectivity index (χ2n) is 9.45. The summed E-state index contributed by atoms with van der Waals surface area (Å²) in [5, 5.41) is 6.49. The number of fused-ring (bicyclic) bond motifs is 1. The van der Waals surface area contributed by atoms with E-state index in [1.165, 1.54) is 17.8 Å². The van der Waals surface area contributed by atoms with Gasteiger partial charge in [-0.05, 0) is 74.8 Å². The summed E-state index contributed by atoms with van der Waals surface area (Å²) in [7, 11) is 0. The summed E-state index contributed by atoms with van der Waals surface area (Å²) in [6.45, 7) is 4.05. The fourth-order valence-corrected chi connectivity index (χ4v) is 6.20. The minimum atomic E-state index is -0.391. The number of esters is 1. The molecule has 1 fully saturated rings. The number of hydrogen-bond acceptors (Lipinski definition) is 6. The molecule has 188 valence electrons. The Hall–Kier alpha value is -2.87. The molecular weight excluding hydrogens is 464 g/mol. The number of hydrogen-bond donors (Lipinski definition) is 2. The molecule has 0 spiro atoms. The summed E-state index contributed by atoms with van der Waals surface area (Å²) < 4.78 is 10.9. The molecule has 2 amide bonds. The van der Waals surface area contributed by atoms with Gasteiger partial charge in [-0.15, -0.1) is 11.3 Å². The molecule has 1 aromatic carbocycles. The number of ether oxygens (including phenoxy) is 2. The Morgan fingerprint density at radius 2 is 1.80 bits per heavy atom. The van der Waals surface area contributed by atoms with Gasteiger partial charge in [0.15, 0.2) is 6.61 Å². The van der Waals surface area contributed by atoms with Crippen LogP contribution in [0.5, 0.6) is 5.75 Å². The van der Waals surface area contributed by atoms with Gasteiger partial charge in [0.2, 0.25) is 0 Å². The van der Waals surface area contributed by atoms with Crippen molar-refractivity contribution in [1.29, 1.82) is 0 Å². The number of thiophene rings is 1. The maximum atomic E-state index is 12.6. The molecule has 1 heterocycles. The van der Waals surface area contributed by atoms with E-state index in [1.807, 2.05) is 0 Å². The first-order chi connectivity index (χ1) is 16.9. The minimum absolute atomic E-state index is 0.0799. The monoisotopic (exact) mass is 498 g/mol. The SMILES string of the molecule is CCOC(=O)c1c(NC(=O)COc2ccc(C(=O)NC3CCCCC3)cc2)sc2c1CCC(C)C2. The summed E-state index contributed by atoms with van der Waals surface area (Å²) in [6, 6.07) is 7.05. The van der Waals surface area contributed by atoms with Gasteiger partial charge in [0, 0.05) is 16.5 Å². The normalized spacial score (nSPS) is 17.8. The molecule has 35 heavy (non-hydrogen) atoms. The number of carbonyl (C=O) groups is 3. The fourth-order valence-electron chi connectivity index (χ4n) is 4.79. The molecule has 1 unspecified atom stereocenters. The van der Waals surface area contributed by atoms with E-state index in [0.29, 0.717) is 27.8 Å². The molecule has 0 bridgehead atoms. The van der Waals surface area contributed by atoms with Gasteiger partial charge in [-0.3, -0.25) is 9.59 Å². The maximum absolute atomic E-state index is 12.6. The van der Waals surface area contributed by atoms with E-state index in [-0.39, 0.29) is 31.1 Å². The quantitative estimate of drug-likeness (QED) is 0.492.